The number of carbonyl (C=O) groups excluding carboxylic acids is 2. The van der Waals surface area contributed by atoms with Crippen LogP contribution in [0.1, 0.15) is 19.8 Å². The molecular formula is C8H11NO3. The Hall–Kier alpha value is -1.32. The third-order valence-electron chi connectivity index (χ3n) is 1.70. The molecule has 0 atom stereocenters. The van der Waals surface area contributed by atoms with Crippen molar-refractivity contribution in [3.8, 4) is 0 Å². The number of aliphatic hydroxyl groups excluding tert-OH is 1. The van der Waals surface area contributed by atoms with Gasteiger partial charge < -0.3 is 5.11 Å². The van der Waals surface area contributed by atoms with Crippen LogP contribution in [-0.4, -0.2) is 28.4 Å². The number of nitrogens with zero attached hydrogens (tertiary/aromatic N) is 1. The minimum atomic E-state index is -0.576. The van der Waals surface area contributed by atoms with Crippen LogP contribution in [0.15, 0.2) is 11.8 Å². The van der Waals surface area contributed by atoms with E-state index >= 15 is 0 Å². The van der Waals surface area contributed by atoms with Gasteiger partial charge in [0, 0.05) is 6.42 Å². The first-order valence-corrected chi connectivity index (χ1v) is 3.90. The Kier molecular flexibility index (Phi) is 2.47. The molecular weight excluding hydrogens is 158 g/mol. The summed E-state index contributed by atoms with van der Waals surface area (Å²) >= 11 is 0. The molecule has 0 radical (unpaired) electrons. The van der Waals surface area contributed by atoms with Crippen LogP contribution in [0.25, 0.3) is 0 Å². The molecule has 1 N–H and O–H groups in total. The van der Waals surface area contributed by atoms with E-state index in [4.69, 9.17) is 5.11 Å². The molecule has 0 saturated heterocycles. The van der Waals surface area contributed by atoms with Crippen LogP contribution in [0.5, 0.6) is 0 Å². The van der Waals surface area contributed by atoms with Crippen molar-refractivity contribution in [3.63, 3.8) is 0 Å². The SMILES string of the molecule is CCCC(=O)N1CC=C(O)C1=O. The Morgan fingerprint density at radius 1 is 1.75 bits per heavy atom. The smallest absolute Gasteiger partial charge is 0.295 e. The largest absolute Gasteiger partial charge is 0.503 e. The standard InChI is InChI=1S/C8H11NO3/c1-2-3-7(11)9-5-4-6(10)8(9)12/h4,10H,2-3,5H2,1H3. The van der Waals surface area contributed by atoms with E-state index in [2.05, 4.69) is 0 Å². The number of amides is 2. The lowest BCUT2D eigenvalue weighted by Crippen LogP contribution is -2.33. The minimum absolute atomic E-state index is 0.212. The molecule has 1 rings (SSSR count). The van der Waals surface area contributed by atoms with E-state index in [1.54, 1.807) is 0 Å². The predicted octanol–water partition coefficient (Wildman–Crippen LogP) is 0.597. The fraction of sp³-hybridized carbons (Fsp3) is 0.500. The molecule has 0 aromatic carbocycles. The summed E-state index contributed by atoms with van der Waals surface area (Å²) in [5.41, 5.74) is 0. The Balaban J connectivity index is 2.58. The lowest BCUT2D eigenvalue weighted by molar-refractivity contribution is -0.142. The van der Waals surface area contributed by atoms with E-state index in [1.807, 2.05) is 6.92 Å². The topological polar surface area (TPSA) is 57.6 Å². The fourth-order valence-electron chi connectivity index (χ4n) is 1.05. The maximum Gasteiger partial charge on any atom is 0.295 e. The molecule has 0 unspecified atom stereocenters. The summed E-state index contributed by atoms with van der Waals surface area (Å²) in [5, 5.41) is 8.90. The second-order valence-electron chi connectivity index (χ2n) is 2.65. The van der Waals surface area contributed by atoms with Crippen molar-refractivity contribution >= 4 is 11.8 Å². The van der Waals surface area contributed by atoms with Gasteiger partial charge in [-0.2, -0.15) is 0 Å². The van der Waals surface area contributed by atoms with E-state index in [0.717, 1.165) is 4.90 Å². The highest BCUT2D eigenvalue weighted by molar-refractivity contribution is 6.04. The molecule has 1 heterocycles. The van der Waals surface area contributed by atoms with Gasteiger partial charge in [-0.25, -0.2) is 0 Å². The Labute approximate surface area is 70.5 Å². The van der Waals surface area contributed by atoms with E-state index in [9.17, 15) is 9.59 Å². The molecule has 0 fully saturated rings. The van der Waals surface area contributed by atoms with Crippen LogP contribution in [0.3, 0.4) is 0 Å². The average Bonchev–Trinajstić information content (AvgIpc) is 2.34. The number of aliphatic hydroxyl groups is 1. The van der Waals surface area contributed by atoms with E-state index in [1.165, 1.54) is 6.08 Å². The molecule has 4 nitrogen and oxygen atoms in total. The third-order valence-corrected chi connectivity index (χ3v) is 1.70. The van der Waals surface area contributed by atoms with Crippen molar-refractivity contribution in [3.05, 3.63) is 11.8 Å². The molecule has 1 aliphatic rings. The maximum absolute atomic E-state index is 11.2. The second-order valence-corrected chi connectivity index (χ2v) is 2.65. The van der Waals surface area contributed by atoms with Gasteiger partial charge in [-0.15, -0.1) is 0 Å². The van der Waals surface area contributed by atoms with Gasteiger partial charge in [0.1, 0.15) is 0 Å². The number of carbonyl (C=O) groups is 2. The molecule has 0 spiro atoms. The summed E-state index contributed by atoms with van der Waals surface area (Å²) in [4.78, 5) is 23.2. The molecule has 4 heteroatoms. The summed E-state index contributed by atoms with van der Waals surface area (Å²) in [6, 6.07) is 0. The molecule has 2 amide bonds. The van der Waals surface area contributed by atoms with Gasteiger partial charge in [0.25, 0.3) is 5.91 Å². The lowest BCUT2D eigenvalue weighted by Gasteiger charge is -2.12. The molecule has 0 bridgehead atoms. The summed E-state index contributed by atoms with van der Waals surface area (Å²) in [6.07, 6.45) is 2.41. The quantitative estimate of drug-likeness (QED) is 0.658. The monoisotopic (exact) mass is 169 g/mol. The molecule has 66 valence electrons. The van der Waals surface area contributed by atoms with Crippen molar-refractivity contribution in [1.29, 1.82) is 0 Å². The van der Waals surface area contributed by atoms with E-state index in [0.29, 0.717) is 12.8 Å². The van der Waals surface area contributed by atoms with Crippen LogP contribution in [0.4, 0.5) is 0 Å². The van der Waals surface area contributed by atoms with Crippen LogP contribution in [0, 0.1) is 0 Å². The summed E-state index contributed by atoms with van der Waals surface area (Å²) in [6.45, 7) is 2.08. The number of imide groups is 1. The van der Waals surface area contributed by atoms with Crippen molar-refractivity contribution in [1.82, 2.24) is 4.90 Å². The zero-order valence-corrected chi connectivity index (χ0v) is 6.91. The fourth-order valence-corrected chi connectivity index (χ4v) is 1.05. The molecule has 1 aliphatic heterocycles. The Bertz CT molecular complexity index is 245. The summed E-state index contributed by atoms with van der Waals surface area (Å²) in [5.74, 6) is -1.12. The molecule has 0 aromatic heterocycles. The van der Waals surface area contributed by atoms with Gasteiger partial charge in [0.15, 0.2) is 5.76 Å². The zero-order valence-electron chi connectivity index (χ0n) is 6.91. The van der Waals surface area contributed by atoms with Crippen LogP contribution >= 0.6 is 0 Å². The highest BCUT2D eigenvalue weighted by Gasteiger charge is 2.27. The van der Waals surface area contributed by atoms with Crippen LogP contribution < -0.4 is 0 Å². The first-order chi connectivity index (χ1) is 5.66. The highest BCUT2D eigenvalue weighted by Crippen LogP contribution is 2.10. The van der Waals surface area contributed by atoms with Gasteiger partial charge in [-0.05, 0) is 12.5 Å². The first-order valence-electron chi connectivity index (χ1n) is 3.90. The van der Waals surface area contributed by atoms with Crippen molar-refractivity contribution < 1.29 is 14.7 Å². The number of hydrogen-bond donors (Lipinski definition) is 1. The number of hydrogen-bond acceptors (Lipinski definition) is 3. The normalized spacial score (nSPS) is 16.6. The predicted molar refractivity (Wildman–Crippen MR) is 42.3 cm³/mol. The van der Waals surface area contributed by atoms with Gasteiger partial charge in [0.2, 0.25) is 5.91 Å². The average molecular weight is 169 g/mol. The third kappa shape index (κ3) is 1.47. The maximum atomic E-state index is 11.2. The summed E-state index contributed by atoms with van der Waals surface area (Å²) < 4.78 is 0. The van der Waals surface area contributed by atoms with Gasteiger partial charge in [0.05, 0.1) is 6.54 Å². The zero-order chi connectivity index (χ0) is 9.14. The van der Waals surface area contributed by atoms with Gasteiger partial charge in [-0.1, -0.05) is 6.92 Å². The Morgan fingerprint density at radius 2 is 2.42 bits per heavy atom. The molecule has 0 saturated carbocycles. The highest BCUT2D eigenvalue weighted by atomic mass is 16.3. The van der Waals surface area contributed by atoms with Gasteiger partial charge >= 0.3 is 0 Å². The van der Waals surface area contributed by atoms with Crippen LogP contribution in [-0.2, 0) is 9.59 Å². The molecule has 0 aliphatic carbocycles. The van der Waals surface area contributed by atoms with E-state index < -0.39 is 5.91 Å². The van der Waals surface area contributed by atoms with Crippen molar-refractivity contribution in [2.75, 3.05) is 6.54 Å². The number of rotatable bonds is 2. The van der Waals surface area contributed by atoms with Gasteiger partial charge in [-0.3, -0.25) is 14.5 Å². The van der Waals surface area contributed by atoms with Crippen molar-refractivity contribution in [2.24, 2.45) is 0 Å². The minimum Gasteiger partial charge on any atom is -0.503 e. The molecule has 12 heavy (non-hydrogen) atoms. The first kappa shape index (κ1) is 8.77. The lowest BCUT2D eigenvalue weighted by atomic mass is 10.3. The summed E-state index contributed by atoms with van der Waals surface area (Å²) in [7, 11) is 0. The molecule has 0 aromatic rings. The van der Waals surface area contributed by atoms with Crippen molar-refractivity contribution in [2.45, 2.75) is 19.8 Å². The Morgan fingerprint density at radius 3 is 2.83 bits per heavy atom. The van der Waals surface area contributed by atoms with E-state index in [-0.39, 0.29) is 18.2 Å². The van der Waals surface area contributed by atoms with Crippen LogP contribution in [0.2, 0.25) is 0 Å². The second kappa shape index (κ2) is 3.38.